The van der Waals surface area contributed by atoms with Crippen LogP contribution in [0.15, 0.2) is 30.3 Å². The minimum atomic E-state index is 0.826. The van der Waals surface area contributed by atoms with Crippen LogP contribution in [0.1, 0.15) is 31.5 Å². The van der Waals surface area contributed by atoms with Gasteiger partial charge in [-0.25, -0.2) is 0 Å². The van der Waals surface area contributed by atoms with Gasteiger partial charge in [0.05, 0.1) is 11.4 Å². The van der Waals surface area contributed by atoms with Gasteiger partial charge in [0.2, 0.25) is 0 Å². The highest BCUT2D eigenvalue weighted by atomic mass is 15.4. The second-order valence-corrected chi connectivity index (χ2v) is 5.06. The van der Waals surface area contributed by atoms with Crippen LogP contribution in [0.2, 0.25) is 0 Å². The van der Waals surface area contributed by atoms with E-state index in [4.69, 9.17) is 5.73 Å². The van der Waals surface area contributed by atoms with Gasteiger partial charge in [-0.1, -0.05) is 43.7 Å². The van der Waals surface area contributed by atoms with Gasteiger partial charge in [-0.15, -0.1) is 0 Å². The van der Waals surface area contributed by atoms with E-state index in [1.807, 2.05) is 17.8 Å². The van der Waals surface area contributed by atoms with Gasteiger partial charge in [0.15, 0.2) is 5.82 Å². The second kappa shape index (κ2) is 6.46. The molecule has 2 aromatic rings. The maximum absolute atomic E-state index is 6.30. The van der Waals surface area contributed by atoms with Crippen LogP contribution in [-0.2, 0) is 20.0 Å². The Balaban J connectivity index is 2.27. The third-order valence-corrected chi connectivity index (χ3v) is 3.51. The number of aryl methyl sites for hydroxylation is 2. The van der Waals surface area contributed by atoms with Crippen LogP contribution in [0.3, 0.4) is 0 Å². The Morgan fingerprint density at radius 2 is 1.90 bits per heavy atom. The molecule has 108 valence electrons. The first kappa shape index (κ1) is 14.4. The number of nitrogens with two attached hydrogens (primary N) is 1. The molecule has 0 fully saturated rings. The van der Waals surface area contributed by atoms with Gasteiger partial charge in [-0.2, -0.15) is 5.10 Å². The van der Waals surface area contributed by atoms with Gasteiger partial charge in [-0.05, 0) is 18.9 Å². The summed E-state index contributed by atoms with van der Waals surface area (Å²) in [5.41, 5.74) is 9.42. The summed E-state index contributed by atoms with van der Waals surface area (Å²) < 4.78 is 1.91. The third-order valence-electron chi connectivity index (χ3n) is 3.51. The molecule has 0 amide bonds. The first-order chi connectivity index (χ1) is 9.67. The average molecular weight is 272 g/mol. The van der Waals surface area contributed by atoms with Crippen molar-refractivity contribution in [2.24, 2.45) is 7.05 Å². The number of anilines is 2. The Bertz CT molecular complexity index is 545. The summed E-state index contributed by atoms with van der Waals surface area (Å²) >= 11 is 0. The van der Waals surface area contributed by atoms with E-state index < -0.39 is 0 Å². The van der Waals surface area contributed by atoms with Crippen LogP contribution in [0, 0.1) is 0 Å². The zero-order valence-corrected chi connectivity index (χ0v) is 12.6. The molecule has 0 saturated carbocycles. The van der Waals surface area contributed by atoms with Crippen molar-refractivity contribution in [1.82, 2.24) is 9.78 Å². The molecule has 1 heterocycles. The minimum Gasteiger partial charge on any atom is -0.394 e. The predicted molar refractivity (Wildman–Crippen MR) is 84.8 cm³/mol. The molecule has 2 rings (SSSR count). The molecular formula is C16H24N4. The quantitative estimate of drug-likeness (QED) is 0.879. The number of nitrogen functional groups attached to an aromatic ring is 1. The standard InChI is InChI=1S/C16H24N4/c1-4-9-14-15(17)16(19(3)18-14)20(5-2)12-13-10-7-6-8-11-13/h6-8,10-11H,4-5,9,12,17H2,1-3H3. The number of hydrogen-bond acceptors (Lipinski definition) is 3. The molecule has 0 bridgehead atoms. The number of benzene rings is 1. The zero-order valence-electron chi connectivity index (χ0n) is 12.6. The van der Waals surface area contributed by atoms with E-state index in [0.717, 1.165) is 43.1 Å². The molecule has 2 N–H and O–H groups in total. The van der Waals surface area contributed by atoms with Crippen molar-refractivity contribution in [2.75, 3.05) is 17.2 Å². The molecule has 0 unspecified atom stereocenters. The number of nitrogens with zero attached hydrogens (tertiary/aromatic N) is 3. The van der Waals surface area contributed by atoms with E-state index in [1.54, 1.807) is 0 Å². The Morgan fingerprint density at radius 1 is 1.20 bits per heavy atom. The molecule has 0 atom stereocenters. The summed E-state index contributed by atoms with van der Waals surface area (Å²) in [7, 11) is 1.97. The first-order valence-corrected chi connectivity index (χ1v) is 7.27. The summed E-state index contributed by atoms with van der Waals surface area (Å²) in [6, 6.07) is 10.5. The SMILES string of the molecule is CCCc1nn(C)c(N(CC)Cc2ccccc2)c1N. The van der Waals surface area contributed by atoms with Gasteiger partial charge in [0.25, 0.3) is 0 Å². The fourth-order valence-corrected chi connectivity index (χ4v) is 2.52. The highest BCUT2D eigenvalue weighted by Crippen LogP contribution is 2.28. The lowest BCUT2D eigenvalue weighted by molar-refractivity contribution is 0.696. The van der Waals surface area contributed by atoms with Crippen molar-refractivity contribution < 1.29 is 0 Å². The van der Waals surface area contributed by atoms with Crippen LogP contribution in [0.4, 0.5) is 11.5 Å². The van der Waals surface area contributed by atoms with Crippen LogP contribution in [-0.4, -0.2) is 16.3 Å². The first-order valence-electron chi connectivity index (χ1n) is 7.27. The third kappa shape index (κ3) is 2.95. The molecule has 20 heavy (non-hydrogen) atoms. The summed E-state index contributed by atoms with van der Waals surface area (Å²) in [6.45, 7) is 6.06. The van der Waals surface area contributed by atoms with E-state index in [2.05, 4.69) is 48.1 Å². The van der Waals surface area contributed by atoms with E-state index >= 15 is 0 Å². The van der Waals surface area contributed by atoms with Gasteiger partial charge < -0.3 is 10.6 Å². The maximum Gasteiger partial charge on any atom is 0.150 e. The van der Waals surface area contributed by atoms with Crippen LogP contribution < -0.4 is 10.6 Å². The topological polar surface area (TPSA) is 47.1 Å². The fraction of sp³-hybridized carbons (Fsp3) is 0.438. The van der Waals surface area contributed by atoms with Gasteiger partial charge in [0, 0.05) is 20.1 Å². The zero-order chi connectivity index (χ0) is 14.5. The average Bonchev–Trinajstić information content (AvgIpc) is 2.73. The highest BCUT2D eigenvalue weighted by molar-refractivity contribution is 5.66. The molecule has 0 spiro atoms. The molecule has 0 aliphatic heterocycles. The van der Waals surface area contributed by atoms with Crippen LogP contribution >= 0.6 is 0 Å². The second-order valence-electron chi connectivity index (χ2n) is 5.06. The number of hydrogen-bond donors (Lipinski definition) is 1. The lowest BCUT2D eigenvalue weighted by Crippen LogP contribution is -2.25. The van der Waals surface area contributed by atoms with E-state index in [-0.39, 0.29) is 0 Å². The number of aromatic nitrogens is 2. The van der Waals surface area contributed by atoms with E-state index in [1.165, 1.54) is 5.56 Å². The van der Waals surface area contributed by atoms with Gasteiger partial charge in [-0.3, -0.25) is 4.68 Å². The summed E-state index contributed by atoms with van der Waals surface area (Å²) in [5, 5.41) is 4.56. The summed E-state index contributed by atoms with van der Waals surface area (Å²) in [4.78, 5) is 2.27. The molecule has 1 aromatic heterocycles. The van der Waals surface area contributed by atoms with Crippen molar-refractivity contribution in [3.8, 4) is 0 Å². The van der Waals surface area contributed by atoms with Crippen molar-refractivity contribution in [3.05, 3.63) is 41.6 Å². The van der Waals surface area contributed by atoms with E-state index in [9.17, 15) is 0 Å². The largest absolute Gasteiger partial charge is 0.394 e. The molecule has 4 heteroatoms. The minimum absolute atomic E-state index is 0.826. The van der Waals surface area contributed by atoms with Crippen LogP contribution in [0.5, 0.6) is 0 Å². The molecule has 1 aromatic carbocycles. The monoisotopic (exact) mass is 272 g/mol. The smallest absolute Gasteiger partial charge is 0.150 e. The molecular weight excluding hydrogens is 248 g/mol. The maximum atomic E-state index is 6.30. The molecule has 0 aliphatic carbocycles. The molecule has 0 radical (unpaired) electrons. The normalized spacial score (nSPS) is 10.8. The predicted octanol–water partition coefficient (Wildman–Crippen LogP) is 2.98. The lowest BCUT2D eigenvalue weighted by atomic mass is 10.2. The van der Waals surface area contributed by atoms with Crippen molar-refractivity contribution >= 4 is 11.5 Å². The summed E-state index contributed by atoms with van der Waals surface area (Å²) in [5.74, 6) is 1.03. The Labute approximate surface area is 121 Å². The fourth-order valence-electron chi connectivity index (χ4n) is 2.52. The van der Waals surface area contributed by atoms with Crippen molar-refractivity contribution in [1.29, 1.82) is 0 Å². The van der Waals surface area contributed by atoms with Gasteiger partial charge in [0.1, 0.15) is 0 Å². The molecule has 4 nitrogen and oxygen atoms in total. The molecule has 0 aliphatic rings. The Kier molecular flexibility index (Phi) is 4.66. The van der Waals surface area contributed by atoms with E-state index in [0.29, 0.717) is 0 Å². The van der Waals surface area contributed by atoms with Gasteiger partial charge >= 0.3 is 0 Å². The highest BCUT2D eigenvalue weighted by Gasteiger charge is 2.18. The van der Waals surface area contributed by atoms with Crippen molar-refractivity contribution in [2.45, 2.75) is 33.2 Å². The Morgan fingerprint density at radius 3 is 2.50 bits per heavy atom. The van der Waals surface area contributed by atoms with Crippen LogP contribution in [0.25, 0.3) is 0 Å². The molecule has 0 saturated heterocycles. The Hall–Kier alpha value is -1.97. The lowest BCUT2D eigenvalue weighted by Gasteiger charge is -2.23. The van der Waals surface area contributed by atoms with Crippen molar-refractivity contribution in [3.63, 3.8) is 0 Å². The number of rotatable bonds is 6. The summed E-state index contributed by atoms with van der Waals surface area (Å²) in [6.07, 6.45) is 1.99.